The van der Waals surface area contributed by atoms with E-state index >= 15 is 0 Å². The maximum Gasteiger partial charge on any atom is 0.322 e. The van der Waals surface area contributed by atoms with Gasteiger partial charge in [0.15, 0.2) is 0 Å². The molecule has 0 saturated heterocycles. The van der Waals surface area contributed by atoms with Crippen LogP contribution in [0.4, 0.5) is 16.2 Å². The van der Waals surface area contributed by atoms with Gasteiger partial charge >= 0.3 is 6.03 Å². The first-order valence-corrected chi connectivity index (χ1v) is 13.2. The fraction of sp³-hybridized carbons (Fsp3) is 0.250. The minimum absolute atomic E-state index is 0.0127. The van der Waals surface area contributed by atoms with Crippen LogP contribution in [0.5, 0.6) is 0 Å². The number of hydrogen-bond acceptors (Lipinski definition) is 2. The molecule has 1 aliphatic heterocycles. The summed E-state index contributed by atoms with van der Waals surface area (Å²) in [7, 11) is 0. The highest BCUT2D eigenvalue weighted by molar-refractivity contribution is 6.01. The van der Waals surface area contributed by atoms with Gasteiger partial charge in [-0.05, 0) is 80.6 Å². The fourth-order valence-electron chi connectivity index (χ4n) is 5.37. The molecular weight excluding hydrogens is 472 g/mol. The molecule has 2 aliphatic rings. The van der Waals surface area contributed by atoms with Crippen molar-refractivity contribution in [2.24, 2.45) is 0 Å². The summed E-state index contributed by atoms with van der Waals surface area (Å²) in [6, 6.07) is 25.9. The van der Waals surface area contributed by atoms with Crippen LogP contribution in [0.3, 0.4) is 0 Å². The number of carbonyl (C=O) groups excluding carboxylic acids is 2. The molecule has 1 aliphatic carbocycles. The number of benzene rings is 3. The third-order valence-electron chi connectivity index (χ3n) is 7.78. The molecule has 6 nitrogen and oxygen atoms in total. The number of hydrogen-bond donors (Lipinski definition) is 1. The largest absolute Gasteiger partial charge is 0.322 e. The van der Waals surface area contributed by atoms with Gasteiger partial charge in [0.2, 0.25) is 5.91 Å². The summed E-state index contributed by atoms with van der Waals surface area (Å²) in [4.78, 5) is 31.4. The average molecular weight is 505 g/mol. The van der Waals surface area contributed by atoms with Crippen LogP contribution in [0.1, 0.15) is 46.8 Å². The molecule has 3 aromatic carbocycles. The number of fused-ring (bicyclic) bond motifs is 3. The Morgan fingerprint density at radius 1 is 0.868 bits per heavy atom. The van der Waals surface area contributed by atoms with Crippen molar-refractivity contribution in [3.8, 4) is 5.69 Å². The number of anilines is 2. The standard InChI is InChI=1S/C32H32N4O2/c1-21-13-15-24(16-14-21)31-29-12-7-19-34(29)27-10-4-5-11-28(27)36(31)30(37)20-35(25-17-18-25)32(38)33-26-9-6-8-22(2)23(26)3/h4-16,19,25,31H,17-18,20H2,1-3H3,(H,33,38). The molecule has 3 amide bonds. The first-order valence-electron chi connectivity index (χ1n) is 13.2. The monoisotopic (exact) mass is 504 g/mol. The van der Waals surface area contributed by atoms with Gasteiger partial charge in [0.05, 0.1) is 17.1 Å². The third kappa shape index (κ3) is 4.26. The second-order valence-electron chi connectivity index (χ2n) is 10.4. The highest BCUT2D eigenvalue weighted by Gasteiger charge is 2.40. The van der Waals surface area contributed by atoms with E-state index in [2.05, 4.69) is 47.1 Å². The predicted octanol–water partition coefficient (Wildman–Crippen LogP) is 6.54. The predicted molar refractivity (Wildman–Crippen MR) is 151 cm³/mol. The Labute approximate surface area is 223 Å². The molecule has 1 unspecified atom stereocenters. The van der Waals surface area contributed by atoms with Crippen molar-refractivity contribution in [2.75, 3.05) is 16.8 Å². The van der Waals surface area contributed by atoms with E-state index in [1.54, 1.807) is 4.90 Å². The first kappa shape index (κ1) is 24.0. The molecule has 192 valence electrons. The minimum atomic E-state index is -0.295. The number of rotatable bonds is 5. The van der Waals surface area contributed by atoms with E-state index in [1.807, 2.05) is 73.5 Å². The zero-order valence-electron chi connectivity index (χ0n) is 22.0. The lowest BCUT2D eigenvalue weighted by Crippen LogP contribution is -2.48. The average Bonchev–Trinajstić information content (AvgIpc) is 3.64. The van der Waals surface area contributed by atoms with E-state index in [4.69, 9.17) is 0 Å². The fourth-order valence-corrected chi connectivity index (χ4v) is 5.37. The third-order valence-corrected chi connectivity index (χ3v) is 7.78. The summed E-state index contributed by atoms with van der Waals surface area (Å²) in [5.41, 5.74) is 7.97. The smallest absolute Gasteiger partial charge is 0.316 e. The van der Waals surface area contributed by atoms with Crippen LogP contribution in [0.2, 0.25) is 0 Å². The highest BCUT2D eigenvalue weighted by Crippen LogP contribution is 2.42. The molecule has 1 atom stereocenters. The van der Waals surface area contributed by atoms with Crippen LogP contribution in [-0.2, 0) is 4.79 Å². The lowest BCUT2D eigenvalue weighted by atomic mass is 9.97. The Bertz CT molecular complexity index is 1520. The second kappa shape index (κ2) is 9.53. The molecule has 0 radical (unpaired) electrons. The van der Waals surface area contributed by atoms with Gasteiger partial charge in [0.1, 0.15) is 12.6 Å². The summed E-state index contributed by atoms with van der Waals surface area (Å²) in [6.07, 6.45) is 3.87. The molecule has 6 heteroatoms. The van der Waals surface area contributed by atoms with Gasteiger partial charge < -0.3 is 14.8 Å². The topological polar surface area (TPSA) is 57.6 Å². The Morgan fingerprint density at radius 2 is 1.61 bits per heavy atom. The molecule has 38 heavy (non-hydrogen) atoms. The number of urea groups is 1. The summed E-state index contributed by atoms with van der Waals surface area (Å²) < 4.78 is 2.16. The summed E-state index contributed by atoms with van der Waals surface area (Å²) in [5, 5.41) is 3.07. The summed E-state index contributed by atoms with van der Waals surface area (Å²) in [5.74, 6) is -0.0986. The summed E-state index contributed by atoms with van der Waals surface area (Å²) in [6.45, 7) is 6.11. The minimum Gasteiger partial charge on any atom is -0.316 e. The van der Waals surface area contributed by atoms with Crippen LogP contribution < -0.4 is 10.2 Å². The number of para-hydroxylation sites is 2. The number of aryl methyl sites for hydroxylation is 2. The van der Waals surface area contributed by atoms with Crippen molar-refractivity contribution in [2.45, 2.75) is 45.7 Å². The molecule has 6 rings (SSSR count). The van der Waals surface area contributed by atoms with E-state index in [-0.39, 0.29) is 30.6 Å². The quantitative estimate of drug-likeness (QED) is 0.336. The van der Waals surface area contributed by atoms with E-state index in [1.165, 1.54) is 5.56 Å². The normalized spacial score (nSPS) is 16.0. The van der Waals surface area contributed by atoms with E-state index in [0.29, 0.717) is 0 Å². The van der Waals surface area contributed by atoms with Crippen molar-refractivity contribution in [3.63, 3.8) is 0 Å². The van der Waals surface area contributed by atoms with Gasteiger partial charge in [-0.15, -0.1) is 0 Å². The number of nitrogens with one attached hydrogen (secondary N) is 1. The van der Waals surface area contributed by atoms with Crippen LogP contribution >= 0.6 is 0 Å². The number of aromatic nitrogens is 1. The van der Waals surface area contributed by atoms with E-state index in [0.717, 1.165) is 52.3 Å². The van der Waals surface area contributed by atoms with Gasteiger partial charge in [-0.1, -0.05) is 54.1 Å². The van der Waals surface area contributed by atoms with Crippen molar-refractivity contribution < 1.29 is 9.59 Å². The van der Waals surface area contributed by atoms with Gasteiger partial charge in [0, 0.05) is 17.9 Å². The molecule has 1 aromatic heterocycles. The molecule has 0 spiro atoms. The lowest BCUT2D eigenvalue weighted by Gasteiger charge is -2.39. The molecule has 0 bridgehead atoms. The zero-order chi connectivity index (χ0) is 26.4. The van der Waals surface area contributed by atoms with Crippen molar-refractivity contribution in [1.82, 2.24) is 9.47 Å². The van der Waals surface area contributed by atoms with Crippen LogP contribution in [-0.4, -0.2) is 34.0 Å². The van der Waals surface area contributed by atoms with Crippen molar-refractivity contribution >= 4 is 23.3 Å². The SMILES string of the molecule is Cc1ccc(C2c3cccn3-c3ccccc3N2C(=O)CN(C(=O)Nc2cccc(C)c2C)C2CC2)cc1. The second-order valence-corrected chi connectivity index (χ2v) is 10.4. The summed E-state index contributed by atoms with van der Waals surface area (Å²) >= 11 is 0. The van der Waals surface area contributed by atoms with Gasteiger partial charge in [-0.2, -0.15) is 0 Å². The Morgan fingerprint density at radius 3 is 2.34 bits per heavy atom. The molecule has 1 saturated carbocycles. The Balaban J connectivity index is 1.36. The maximum atomic E-state index is 14.3. The van der Waals surface area contributed by atoms with E-state index < -0.39 is 0 Å². The van der Waals surface area contributed by atoms with Gasteiger partial charge in [-0.25, -0.2) is 4.79 Å². The van der Waals surface area contributed by atoms with Crippen LogP contribution in [0.15, 0.2) is 85.1 Å². The lowest BCUT2D eigenvalue weighted by molar-refractivity contribution is -0.119. The molecule has 1 fully saturated rings. The number of nitrogens with zero attached hydrogens (tertiary/aromatic N) is 3. The van der Waals surface area contributed by atoms with E-state index in [9.17, 15) is 9.59 Å². The molecule has 1 N–H and O–H groups in total. The Kier molecular flexibility index (Phi) is 6.03. The first-order chi connectivity index (χ1) is 18.4. The molecule has 2 heterocycles. The molecular formula is C32H32N4O2. The zero-order valence-corrected chi connectivity index (χ0v) is 22.0. The highest BCUT2D eigenvalue weighted by atomic mass is 16.2. The van der Waals surface area contributed by atoms with Crippen LogP contribution in [0, 0.1) is 20.8 Å². The number of carbonyl (C=O) groups is 2. The Hall–Kier alpha value is -4.32. The van der Waals surface area contributed by atoms with Gasteiger partial charge in [0.25, 0.3) is 0 Å². The number of amides is 3. The van der Waals surface area contributed by atoms with Crippen molar-refractivity contribution in [3.05, 3.63) is 113 Å². The van der Waals surface area contributed by atoms with Crippen LogP contribution in [0.25, 0.3) is 5.69 Å². The maximum absolute atomic E-state index is 14.3. The molecule has 4 aromatic rings. The van der Waals surface area contributed by atoms with Crippen molar-refractivity contribution in [1.29, 1.82) is 0 Å². The van der Waals surface area contributed by atoms with Gasteiger partial charge in [-0.3, -0.25) is 9.69 Å².